The molecular formula is C13H21N3O2S. The van der Waals surface area contributed by atoms with Crippen LogP contribution in [0.15, 0.2) is 0 Å². The van der Waals surface area contributed by atoms with Crippen LogP contribution in [-0.2, 0) is 36.3 Å². The normalized spacial score (nSPS) is 26.1. The van der Waals surface area contributed by atoms with Crippen LogP contribution in [0.4, 0.5) is 0 Å². The predicted molar refractivity (Wildman–Crippen MR) is 73.7 cm³/mol. The zero-order valence-corrected chi connectivity index (χ0v) is 12.2. The Hall–Kier alpha value is -0.880. The average Bonchev–Trinajstić information content (AvgIpc) is 2.66. The molecule has 19 heavy (non-hydrogen) atoms. The van der Waals surface area contributed by atoms with Crippen molar-refractivity contribution in [1.29, 1.82) is 0 Å². The Morgan fingerprint density at radius 1 is 1.47 bits per heavy atom. The standard InChI is InChI=1S/C13H21N3O2S/c1-16-12-4-5-14-8-11(12)15-13(16)7-10-3-2-6-19(17,18)9-10/h10,14H,2-9H2,1H3. The van der Waals surface area contributed by atoms with Crippen molar-refractivity contribution in [3.63, 3.8) is 0 Å². The van der Waals surface area contributed by atoms with Gasteiger partial charge in [-0.25, -0.2) is 13.4 Å². The largest absolute Gasteiger partial charge is 0.335 e. The van der Waals surface area contributed by atoms with Gasteiger partial charge < -0.3 is 9.88 Å². The highest BCUT2D eigenvalue weighted by atomic mass is 32.2. The Morgan fingerprint density at radius 2 is 2.32 bits per heavy atom. The molecule has 1 fully saturated rings. The molecule has 1 unspecified atom stereocenters. The maximum atomic E-state index is 11.7. The lowest BCUT2D eigenvalue weighted by Crippen LogP contribution is -2.27. The number of fused-ring (bicyclic) bond motifs is 1. The first kappa shape index (κ1) is 13.1. The molecule has 2 aliphatic rings. The molecule has 0 aliphatic carbocycles. The molecule has 1 atom stereocenters. The fraction of sp³-hybridized carbons (Fsp3) is 0.769. The summed E-state index contributed by atoms with van der Waals surface area (Å²) in [5.41, 5.74) is 2.45. The summed E-state index contributed by atoms with van der Waals surface area (Å²) in [7, 11) is -0.757. The predicted octanol–water partition coefficient (Wildman–Crippen LogP) is 0.433. The van der Waals surface area contributed by atoms with E-state index in [0.29, 0.717) is 11.5 Å². The summed E-state index contributed by atoms with van der Waals surface area (Å²) in [4.78, 5) is 4.70. The topological polar surface area (TPSA) is 64.0 Å². The Kier molecular flexibility index (Phi) is 3.39. The third-order valence-corrected chi connectivity index (χ3v) is 6.14. The van der Waals surface area contributed by atoms with Crippen LogP contribution in [0.2, 0.25) is 0 Å². The molecule has 3 heterocycles. The zero-order valence-electron chi connectivity index (χ0n) is 11.4. The quantitative estimate of drug-likeness (QED) is 0.855. The molecule has 0 saturated carbocycles. The highest BCUT2D eigenvalue weighted by molar-refractivity contribution is 7.91. The van der Waals surface area contributed by atoms with E-state index < -0.39 is 9.84 Å². The number of hydrogen-bond donors (Lipinski definition) is 1. The molecule has 0 radical (unpaired) electrons. The molecule has 0 bridgehead atoms. The van der Waals surface area contributed by atoms with Gasteiger partial charge >= 0.3 is 0 Å². The van der Waals surface area contributed by atoms with Crippen molar-refractivity contribution < 1.29 is 8.42 Å². The van der Waals surface area contributed by atoms with Crippen LogP contribution in [0.1, 0.15) is 30.1 Å². The molecule has 5 nitrogen and oxygen atoms in total. The van der Waals surface area contributed by atoms with Crippen molar-refractivity contribution in [1.82, 2.24) is 14.9 Å². The van der Waals surface area contributed by atoms with Crippen molar-refractivity contribution in [2.75, 3.05) is 18.1 Å². The van der Waals surface area contributed by atoms with Gasteiger partial charge in [-0.15, -0.1) is 0 Å². The number of imidazole rings is 1. The molecule has 1 saturated heterocycles. The van der Waals surface area contributed by atoms with E-state index in [9.17, 15) is 8.42 Å². The molecule has 1 aromatic rings. The number of hydrogen-bond acceptors (Lipinski definition) is 4. The zero-order chi connectivity index (χ0) is 13.5. The molecule has 1 N–H and O–H groups in total. The molecule has 0 aromatic carbocycles. The third-order valence-electron chi connectivity index (χ3n) is 4.25. The van der Waals surface area contributed by atoms with Crippen LogP contribution in [-0.4, -0.2) is 36.0 Å². The Morgan fingerprint density at radius 3 is 3.05 bits per heavy atom. The summed E-state index contributed by atoms with van der Waals surface area (Å²) >= 11 is 0. The smallest absolute Gasteiger partial charge is 0.150 e. The minimum absolute atomic E-state index is 0.245. The molecule has 0 spiro atoms. The van der Waals surface area contributed by atoms with Crippen LogP contribution in [0.5, 0.6) is 0 Å². The first-order valence-electron chi connectivity index (χ1n) is 6.99. The van der Waals surface area contributed by atoms with Crippen molar-refractivity contribution in [3.05, 3.63) is 17.2 Å². The summed E-state index contributed by atoms with van der Waals surface area (Å²) in [5, 5.41) is 3.33. The number of nitrogens with zero attached hydrogens (tertiary/aromatic N) is 2. The van der Waals surface area contributed by atoms with E-state index in [0.717, 1.165) is 50.3 Å². The Labute approximate surface area is 114 Å². The number of rotatable bonds is 2. The first-order valence-corrected chi connectivity index (χ1v) is 8.82. The second kappa shape index (κ2) is 4.90. The van der Waals surface area contributed by atoms with E-state index in [4.69, 9.17) is 4.98 Å². The SMILES string of the molecule is Cn1c(CC2CCCS(=O)(=O)C2)nc2c1CCNC2. The molecule has 1 aromatic heterocycles. The van der Waals surface area contributed by atoms with Crippen LogP contribution >= 0.6 is 0 Å². The van der Waals surface area contributed by atoms with Crippen LogP contribution in [0, 0.1) is 5.92 Å². The number of aromatic nitrogens is 2. The van der Waals surface area contributed by atoms with Crippen LogP contribution in [0.25, 0.3) is 0 Å². The third kappa shape index (κ3) is 2.69. The summed E-state index contributed by atoms with van der Waals surface area (Å²) < 4.78 is 25.6. The van der Waals surface area contributed by atoms with E-state index in [1.165, 1.54) is 5.69 Å². The fourth-order valence-corrected chi connectivity index (χ4v) is 5.01. The van der Waals surface area contributed by atoms with E-state index in [1.807, 2.05) is 0 Å². The lowest BCUT2D eigenvalue weighted by molar-refractivity contribution is 0.469. The second-order valence-corrected chi connectivity index (χ2v) is 7.96. The van der Waals surface area contributed by atoms with Gasteiger partial charge in [0, 0.05) is 38.7 Å². The number of sulfone groups is 1. The van der Waals surface area contributed by atoms with Crippen molar-refractivity contribution >= 4 is 9.84 Å². The van der Waals surface area contributed by atoms with Gasteiger partial charge in [-0.05, 0) is 18.8 Å². The van der Waals surface area contributed by atoms with Crippen LogP contribution < -0.4 is 5.32 Å². The minimum Gasteiger partial charge on any atom is -0.335 e. The van der Waals surface area contributed by atoms with Gasteiger partial charge in [-0.2, -0.15) is 0 Å². The maximum absolute atomic E-state index is 11.7. The first-order chi connectivity index (χ1) is 9.05. The van der Waals surface area contributed by atoms with Gasteiger partial charge in [0.25, 0.3) is 0 Å². The average molecular weight is 283 g/mol. The molecular weight excluding hydrogens is 262 g/mol. The summed E-state index contributed by atoms with van der Waals surface area (Å²) in [5.74, 6) is 2.00. The highest BCUT2D eigenvalue weighted by Crippen LogP contribution is 2.23. The molecule has 2 aliphatic heterocycles. The van der Waals surface area contributed by atoms with E-state index >= 15 is 0 Å². The molecule has 6 heteroatoms. The maximum Gasteiger partial charge on any atom is 0.150 e. The highest BCUT2D eigenvalue weighted by Gasteiger charge is 2.27. The van der Waals surface area contributed by atoms with Crippen LogP contribution in [0.3, 0.4) is 0 Å². The van der Waals surface area contributed by atoms with E-state index in [2.05, 4.69) is 16.9 Å². The van der Waals surface area contributed by atoms with Gasteiger partial charge in [0.1, 0.15) is 5.82 Å². The Balaban J connectivity index is 1.78. The summed E-state index contributed by atoms with van der Waals surface area (Å²) in [6.45, 7) is 1.84. The molecule has 3 rings (SSSR count). The van der Waals surface area contributed by atoms with E-state index in [-0.39, 0.29) is 5.92 Å². The van der Waals surface area contributed by atoms with Gasteiger partial charge in [-0.1, -0.05) is 0 Å². The van der Waals surface area contributed by atoms with Gasteiger partial charge in [0.05, 0.1) is 17.2 Å². The van der Waals surface area contributed by atoms with Gasteiger partial charge in [0.15, 0.2) is 9.84 Å². The Bertz CT molecular complexity index is 577. The fourth-order valence-electron chi connectivity index (χ4n) is 3.23. The summed E-state index contributed by atoms with van der Waals surface area (Å²) in [6, 6.07) is 0. The minimum atomic E-state index is -2.82. The molecule has 0 amide bonds. The number of nitrogens with one attached hydrogen (secondary N) is 1. The van der Waals surface area contributed by atoms with Gasteiger partial charge in [-0.3, -0.25) is 0 Å². The lowest BCUT2D eigenvalue weighted by atomic mass is 10.0. The summed E-state index contributed by atoms with van der Waals surface area (Å²) in [6.07, 6.45) is 3.62. The second-order valence-electron chi connectivity index (χ2n) is 5.73. The van der Waals surface area contributed by atoms with Crippen molar-refractivity contribution in [3.8, 4) is 0 Å². The van der Waals surface area contributed by atoms with Gasteiger partial charge in [0.2, 0.25) is 0 Å². The van der Waals surface area contributed by atoms with E-state index in [1.54, 1.807) is 0 Å². The lowest BCUT2D eigenvalue weighted by Gasteiger charge is -2.21. The monoisotopic (exact) mass is 283 g/mol. The van der Waals surface area contributed by atoms with Crippen molar-refractivity contribution in [2.24, 2.45) is 13.0 Å². The van der Waals surface area contributed by atoms with Crippen molar-refractivity contribution in [2.45, 2.75) is 32.2 Å². The molecule has 106 valence electrons.